The molecule has 1 aliphatic heterocycles. The first-order chi connectivity index (χ1) is 10.6. The number of rotatable bonds is 3. The van der Waals surface area contributed by atoms with E-state index in [1.807, 2.05) is 23.4 Å². The highest BCUT2D eigenvalue weighted by molar-refractivity contribution is 5.95. The van der Waals surface area contributed by atoms with Crippen LogP contribution in [0, 0.1) is 20.8 Å². The van der Waals surface area contributed by atoms with Crippen LogP contribution in [0.5, 0.6) is 0 Å². The second kappa shape index (κ2) is 5.99. The molecule has 1 unspecified atom stereocenters. The smallest absolute Gasteiger partial charge is 0.257 e. The van der Waals surface area contributed by atoms with E-state index >= 15 is 0 Å². The van der Waals surface area contributed by atoms with Crippen LogP contribution in [0.25, 0.3) is 0 Å². The second-order valence-electron chi connectivity index (χ2n) is 6.15. The number of nitrogens with zero attached hydrogens (tertiary/aromatic N) is 3. The molecule has 3 heterocycles. The van der Waals surface area contributed by atoms with Gasteiger partial charge in [0.2, 0.25) is 0 Å². The fourth-order valence-corrected chi connectivity index (χ4v) is 3.28. The summed E-state index contributed by atoms with van der Waals surface area (Å²) in [6, 6.07) is 4.05. The van der Waals surface area contributed by atoms with Gasteiger partial charge in [0.05, 0.1) is 30.1 Å². The van der Waals surface area contributed by atoms with E-state index in [-0.39, 0.29) is 11.9 Å². The van der Waals surface area contributed by atoms with Crippen molar-refractivity contribution in [2.24, 2.45) is 0 Å². The van der Waals surface area contributed by atoms with E-state index in [9.17, 15) is 4.79 Å². The Kier molecular flexibility index (Phi) is 4.05. The van der Waals surface area contributed by atoms with Gasteiger partial charge in [0.25, 0.3) is 5.91 Å². The maximum absolute atomic E-state index is 12.8. The van der Waals surface area contributed by atoms with Crippen molar-refractivity contribution >= 4 is 5.91 Å². The standard InChI is InChI=1S/C17H23N3O2/c1-12-10-13(2)20(18-12)11-15-6-4-5-8-19(15)17(21)16-7-9-22-14(16)3/h7,9-10,15H,4-6,8,11H2,1-3H3. The average molecular weight is 301 g/mol. The Morgan fingerprint density at radius 1 is 1.36 bits per heavy atom. The van der Waals surface area contributed by atoms with Crippen LogP contribution in [0.2, 0.25) is 0 Å². The number of piperidine rings is 1. The summed E-state index contributed by atoms with van der Waals surface area (Å²) in [5.41, 5.74) is 2.85. The van der Waals surface area contributed by atoms with Crippen LogP contribution < -0.4 is 0 Å². The zero-order valence-corrected chi connectivity index (χ0v) is 13.5. The fourth-order valence-electron chi connectivity index (χ4n) is 3.28. The van der Waals surface area contributed by atoms with Gasteiger partial charge < -0.3 is 9.32 Å². The van der Waals surface area contributed by atoms with Crippen LogP contribution in [0.4, 0.5) is 0 Å². The normalized spacial score (nSPS) is 18.7. The molecule has 0 aromatic carbocycles. The fraction of sp³-hybridized carbons (Fsp3) is 0.529. The molecular formula is C17H23N3O2. The number of aromatic nitrogens is 2. The van der Waals surface area contributed by atoms with Gasteiger partial charge in [-0.1, -0.05) is 0 Å². The van der Waals surface area contributed by atoms with Gasteiger partial charge in [-0.3, -0.25) is 9.48 Å². The molecule has 0 radical (unpaired) electrons. The summed E-state index contributed by atoms with van der Waals surface area (Å²) in [4.78, 5) is 14.8. The van der Waals surface area contributed by atoms with Crippen molar-refractivity contribution in [1.82, 2.24) is 14.7 Å². The van der Waals surface area contributed by atoms with Crippen molar-refractivity contribution in [2.75, 3.05) is 6.54 Å². The van der Waals surface area contributed by atoms with Crippen molar-refractivity contribution in [3.8, 4) is 0 Å². The summed E-state index contributed by atoms with van der Waals surface area (Å²) in [6.45, 7) is 7.49. The molecule has 5 nitrogen and oxygen atoms in total. The van der Waals surface area contributed by atoms with Crippen molar-refractivity contribution < 1.29 is 9.21 Å². The molecule has 1 amide bonds. The Morgan fingerprint density at radius 2 is 2.18 bits per heavy atom. The predicted octanol–water partition coefficient (Wildman–Crippen LogP) is 3.10. The van der Waals surface area contributed by atoms with E-state index in [2.05, 4.69) is 18.1 Å². The van der Waals surface area contributed by atoms with Crippen molar-refractivity contribution in [2.45, 2.75) is 52.6 Å². The summed E-state index contributed by atoms with van der Waals surface area (Å²) in [5.74, 6) is 0.776. The SMILES string of the molecule is Cc1cc(C)n(CC2CCCCN2C(=O)c2ccoc2C)n1. The third kappa shape index (κ3) is 2.80. The number of hydrogen-bond acceptors (Lipinski definition) is 3. The molecule has 22 heavy (non-hydrogen) atoms. The van der Waals surface area contributed by atoms with Crippen molar-refractivity contribution in [3.63, 3.8) is 0 Å². The average Bonchev–Trinajstić information content (AvgIpc) is 3.05. The highest BCUT2D eigenvalue weighted by Gasteiger charge is 2.29. The number of carbonyl (C=O) groups is 1. The first-order valence-corrected chi connectivity index (χ1v) is 7.92. The zero-order chi connectivity index (χ0) is 15.7. The second-order valence-corrected chi connectivity index (χ2v) is 6.15. The summed E-state index contributed by atoms with van der Waals surface area (Å²) < 4.78 is 7.31. The van der Waals surface area contributed by atoms with Gasteiger partial charge in [-0.25, -0.2) is 0 Å². The molecule has 0 spiro atoms. The molecule has 118 valence electrons. The lowest BCUT2D eigenvalue weighted by molar-refractivity contribution is 0.0581. The number of likely N-dealkylation sites (tertiary alicyclic amines) is 1. The molecule has 1 atom stereocenters. The van der Waals surface area contributed by atoms with Crippen LogP contribution in [0.1, 0.15) is 46.8 Å². The Balaban J connectivity index is 1.81. The van der Waals surface area contributed by atoms with Crippen LogP contribution in [0.3, 0.4) is 0 Å². The molecule has 0 N–H and O–H groups in total. The number of furan rings is 1. The molecule has 0 aliphatic carbocycles. The van der Waals surface area contributed by atoms with Crippen molar-refractivity contribution in [3.05, 3.63) is 41.1 Å². The van der Waals surface area contributed by atoms with E-state index in [1.165, 1.54) is 0 Å². The minimum absolute atomic E-state index is 0.0810. The van der Waals surface area contributed by atoms with Gasteiger partial charge in [0.1, 0.15) is 5.76 Å². The maximum Gasteiger partial charge on any atom is 0.257 e. The highest BCUT2D eigenvalue weighted by atomic mass is 16.3. The maximum atomic E-state index is 12.8. The molecule has 5 heteroatoms. The third-order valence-electron chi connectivity index (χ3n) is 4.46. The van der Waals surface area contributed by atoms with Crippen LogP contribution in [0.15, 0.2) is 22.8 Å². The number of hydrogen-bond donors (Lipinski definition) is 0. The highest BCUT2D eigenvalue weighted by Crippen LogP contribution is 2.23. The third-order valence-corrected chi connectivity index (χ3v) is 4.46. The van der Waals surface area contributed by atoms with E-state index in [0.717, 1.165) is 43.7 Å². The van der Waals surface area contributed by atoms with Gasteiger partial charge in [-0.2, -0.15) is 5.10 Å². The monoisotopic (exact) mass is 301 g/mol. The molecule has 0 saturated carbocycles. The molecule has 2 aromatic rings. The van der Waals surface area contributed by atoms with E-state index in [0.29, 0.717) is 11.3 Å². The van der Waals surface area contributed by atoms with E-state index < -0.39 is 0 Å². The first-order valence-electron chi connectivity index (χ1n) is 7.92. The van der Waals surface area contributed by atoms with Gasteiger partial charge in [-0.15, -0.1) is 0 Å². The molecular weight excluding hydrogens is 278 g/mol. The lowest BCUT2D eigenvalue weighted by atomic mass is 10.0. The minimum atomic E-state index is 0.0810. The lowest BCUT2D eigenvalue weighted by Gasteiger charge is -2.36. The summed E-state index contributed by atoms with van der Waals surface area (Å²) in [5, 5.41) is 4.54. The molecule has 1 fully saturated rings. The Morgan fingerprint density at radius 3 is 2.82 bits per heavy atom. The Bertz CT molecular complexity index is 671. The van der Waals surface area contributed by atoms with Crippen LogP contribution in [-0.4, -0.2) is 33.2 Å². The molecule has 1 saturated heterocycles. The molecule has 0 bridgehead atoms. The quantitative estimate of drug-likeness (QED) is 0.875. The molecule has 1 aliphatic rings. The van der Waals surface area contributed by atoms with Gasteiger partial charge in [0.15, 0.2) is 0 Å². The van der Waals surface area contributed by atoms with Crippen LogP contribution in [-0.2, 0) is 6.54 Å². The number of carbonyl (C=O) groups excluding carboxylic acids is 1. The Hall–Kier alpha value is -2.04. The number of aryl methyl sites for hydroxylation is 3. The van der Waals surface area contributed by atoms with Gasteiger partial charge in [0, 0.05) is 12.2 Å². The van der Waals surface area contributed by atoms with E-state index in [4.69, 9.17) is 4.42 Å². The van der Waals surface area contributed by atoms with Crippen molar-refractivity contribution in [1.29, 1.82) is 0 Å². The largest absolute Gasteiger partial charge is 0.469 e. The lowest BCUT2D eigenvalue weighted by Crippen LogP contribution is -2.46. The summed E-state index contributed by atoms with van der Waals surface area (Å²) in [7, 11) is 0. The molecule has 2 aromatic heterocycles. The predicted molar refractivity (Wildman–Crippen MR) is 83.8 cm³/mol. The summed E-state index contributed by atoms with van der Waals surface area (Å²) >= 11 is 0. The van der Waals surface area contributed by atoms with E-state index in [1.54, 1.807) is 12.3 Å². The number of amides is 1. The molecule has 3 rings (SSSR count). The zero-order valence-electron chi connectivity index (χ0n) is 13.5. The summed E-state index contributed by atoms with van der Waals surface area (Å²) in [6.07, 6.45) is 4.85. The van der Waals surface area contributed by atoms with Gasteiger partial charge >= 0.3 is 0 Å². The first kappa shape index (κ1) is 14.9. The topological polar surface area (TPSA) is 51.3 Å². The van der Waals surface area contributed by atoms with Gasteiger partial charge in [-0.05, 0) is 52.2 Å². The minimum Gasteiger partial charge on any atom is -0.469 e. The van der Waals surface area contributed by atoms with Crippen LogP contribution >= 0.6 is 0 Å². The Labute approximate surface area is 130 Å².